The molecule has 4 nitrogen and oxygen atoms in total. The Labute approximate surface area is 102 Å². The van der Waals surface area contributed by atoms with Crippen LogP contribution in [-0.4, -0.2) is 14.2 Å². The summed E-state index contributed by atoms with van der Waals surface area (Å²) in [6.45, 7) is 1.96. The average molecular weight is 247 g/mol. The molecule has 0 spiro atoms. The van der Waals surface area contributed by atoms with Crippen LogP contribution >= 0.6 is 0 Å². The Kier molecular flexibility index (Phi) is 3.49. The molecule has 2 rings (SSSR count). The molecule has 2 heterocycles. The SMILES string of the molecule is Cc1cncc(CS(=O)c2ccncc2N)c1. The van der Waals surface area contributed by atoms with Gasteiger partial charge < -0.3 is 5.73 Å². The number of nitrogens with two attached hydrogens (primary N) is 1. The summed E-state index contributed by atoms with van der Waals surface area (Å²) in [7, 11) is -1.16. The summed E-state index contributed by atoms with van der Waals surface area (Å²) in [4.78, 5) is 8.58. The largest absolute Gasteiger partial charge is 0.396 e. The lowest BCUT2D eigenvalue weighted by Crippen LogP contribution is -2.01. The molecule has 0 fully saturated rings. The third-order valence-electron chi connectivity index (χ3n) is 2.28. The molecule has 2 aromatic rings. The molecule has 1 atom stereocenters. The molecule has 0 aliphatic carbocycles. The van der Waals surface area contributed by atoms with Gasteiger partial charge in [0, 0.05) is 18.6 Å². The Bertz CT molecular complexity index is 557. The van der Waals surface area contributed by atoms with Gasteiger partial charge in [-0.3, -0.25) is 14.2 Å². The number of hydrogen-bond donors (Lipinski definition) is 1. The number of rotatable bonds is 3. The van der Waals surface area contributed by atoms with Gasteiger partial charge in [-0.15, -0.1) is 0 Å². The molecule has 0 aliphatic heterocycles. The minimum atomic E-state index is -1.16. The number of pyridine rings is 2. The van der Waals surface area contributed by atoms with Crippen molar-refractivity contribution in [3.8, 4) is 0 Å². The van der Waals surface area contributed by atoms with Gasteiger partial charge in [0.2, 0.25) is 0 Å². The smallest absolute Gasteiger partial charge is 0.0664 e. The Morgan fingerprint density at radius 3 is 2.82 bits per heavy atom. The standard InChI is InChI=1S/C12H13N3OS/c1-9-4-10(6-15-5-9)8-17(16)12-2-3-14-7-11(12)13/h2-7H,8,13H2,1H3. The molecular formula is C12H13N3OS. The zero-order valence-corrected chi connectivity index (χ0v) is 10.3. The highest BCUT2D eigenvalue weighted by atomic mass is 32.2. The lowest BCUT2D eigenvalue weighted by molar-refractivity contribution is 0.682. The molecule has 5 heteroatoms. The highest BCUT2D eigenvalue weighted by Crippen LogP contribution is 2.17. The molecule has 88 valence electrons. The maximum atomic E-state index is 12.1. The van der Waals surface area contributed by atoms with E-state index in [9.17, 15) is 4.21 Å². The van der Waals surface area contributed by atoms with Crippen molar-refractivity contribution in [2.24, 2.45) is 0 Å². The van der Waals surface area contributed by atoms with Gasteiger partial charge >= 0.3 is 0 Å². The zero-order valence-electron chi connectivity index (χ0n) is 9.46. The van der Waals surface area contributed by atoms with Crippen LogP contribution in [0.25, 0.3) is 0 Å². The van der Waals surface area contributed by atoms with Crippen LogP contribution in [0, 0.1) is 6.92 Å². The van der Waals surface area contributed by atoms with Gasteiger partial charge in [0.05, 0.1) is 33.3 Å². The summed E-state index contributed by atoms with van der Waals surface area (Å²) in [6, 6.07) is 3.66. The van der Waals surface area contributed by atoms with Crippen LogP contribution in [-0.2, 0) is 16.6 Å². The molecule has 0 radical (unpaired) electrons. The van der Waals surface area contributed by atoms with E-state index in [1.165, 1.54) is 6.20 Å². The average Bonchev–Trinajstić information content (AvgIpc) is 2.29. The van der Waals surface area contributed by atoms with Crippen molar-refractivity contribution in [1.82, 2.24) is 9.97 Å². The number of anilines is 1. The van der Waals surface area contributed by atoms with E-state index in [0.717, 1.165) is 11.1 Å². The Hall–Kier alpha value is -1.75. The monoisotopic (exact) mass is 247 g/mol. The van der Waals surface area contributed by atoms with Gasteiger partial charge in [-0.1, -0.05) is 6.07 Å². The van der Waals surface area contributed by atoms with Crippen LogP contribution < -0.4 is 5.73 Å². The summed E-state index contributed by atoms with van der Waals surface area (Å²) >= 11 is 0. The minimum absolute atomic E-state index is 0.420. The molecule has 0 bridgehead atoms. The van der Waals surface area contributed by atoms with Crippen molar-refractivity contribution in [3.05, 3.63) is 48.0 Å². The maximum absolute atomic E-state index is 12.1. The normalized spacial score (nSPS) is 12.3. The number of aromatic nitrogens is 2. The highest BCUT2D eigenvalue weighted by molar-refractivity contribution is 7.84. The number of nitrogen functional groups attached to an aromatic ring is 1. The van der Waals surface area contributed by atoms with E-state index in [2.05, 4.69) is 9.97 Å². The van der Waals surface area contributed by atoms with Crippen LogP contribution in [0.1, 0.15) is 11.1 Å². The van der Waals surface area contributed by atoms with Crippen LogP contribution in [0.4, 0.5) is 5.69 Å². The van der Waals surface area contributed by atoms with Gasteiger partial charge in [-0.2, -0.15) is 0 Å². The van der Waals surface area contributed by atoms with Gasteiger partial charge in [-0.05, 0) is 24.1 Å². The first-order valence-corrected chi connectivity index (χ1v) is 6.47. The van der Waals surface area contributed by atoms with Gasteiger partial charge in [-0.25, -0.2) is 0 Å². The topological polar surface area (TPSA) is 68.9 Å². The van der Waals surface area contributed by atoms with E-state index in [1.54, 1.807) is 24.7 Å². The van der Waals surface area contributed by atoms with Crippen molar-refractivity contribution in [2.75, 3.05) is 5.73 Å². The molecule has 2 N–H and O–H groups in total. The van der Waals surface area contributed by atoms with E-state index in [-0.39, 0.29) is 0 Å². The van der Waals surface area contributed by atoms with Gasteiger partial charge in [0.1, 0.15) is 0 Å². The first-order chi connectivity index (χ1) is 8.16. The lowest BCUT2D eigenvalue weighted by atomic mass is 10.2. The fourth-order valence-corrected chi connectivity index (χ4v) is 2.67. The zero-order chi connectivity index (χ0) is 12.3. The maximum Gasteiger partial charge on any atom is 0.0664 e. The Balaban J connectivity index is 2.20. The second-order valence-electron chi connectivity index (χ2n) is 3.77. The van der Waals surface area contributed by atoms with Crippen LogP contribution in [0.3, 0.4) is 0 Å². The molecule has 1 unspecified atom stereocenters. The minimum Gasteiger partial charge on any atom is -0.396 e. The van der Waals surface area contributed by atoms with Gasteiger partial charge in [0.15, 0.2) is 0 Å². The predicted molar refractivity (Wildman–Crippen MR) is 67.7 cm³/mol. The molecule has 17 heavy (non-hydrogen) atoms. The summed E-state index contributed by atoms with van der Waals surface area (Å²) in [5.74, 6) is 0.420. The Morgan fingerprint density at radius 2 is 2.12 bits per heavy atom. The van der Waals surface area contributed by atoms with Crippen LogP contribution in [0.15, 0.2) is 41.8 Å². The molecular weight excluding hydrogens is 234 g/mol. The first kappa shape index (κ1) is 11.7. The first-order valence-electron chi connectivity index (χ1n) is 5.15. The lowest BCUT2D eigenvalue weighted by Gasteiger charge is -2.05. The van der Waals surface area contributed by atoms with Crippen LogP contribution in [0.5, 0.6) is 0 Å². The van der Waals surface area contributed by atoms with Crippen molar-refractivity contribution < 1.29 is 4.21 Å². The highest BCUT2D eigenvalue weighted by Gasteiger charge is 2.08. The molecule has 2 aromatic heterocycles. The number of hydrogen-bond acceptors (Lipinski definition) is 4. The second kappa shape index (κ2) is 5.05. The van der Waals surface area contributed by atoms with E-state index >= 15 is 0 Å². The van der Waals surface area contributed by atoms with Crippen molar-refractivity contribution in [3.63, 3.8) is 0 Å². The second-order valence-corrected chi connectivity index (χ2v) is 5.19. The molecule has 0 aromatic carbocycles. The fraction of sp³-hybridized carbons (Fsp3) is 0.167. The Morgan fingerprint density at radius 1 is 1.29 bits per heavy atom. The van der Waals surface area contributed by atoms with Crippen LogP contribution in [0.2, 0.25) is 0 Å². The van der Waals surface area contributed by atoms with Crippen molar-refractivity contribution in [1.29, 1.82) is 0 Å². The number of nitrogens with zero attached hydrogens (tertiary/aromatic N) is 2. The molecule has 0 amide bonds. The summed E-state index contributed by atoms with van der Waals surface area (Å²) in [6.07, 6.45) is 6.61. The van der Waals surface area contributed by atoms with Gasteiger partial charge in [0.25, 0.3) is 0 Å². The van der Waals surface area contributed by atoms with Crippen molar-refractivity contribution >= 4 is 16.5 Å². The van der Waals surface area contributed by atoms with E-state index < -0.39 is 10.8 Å². The summed E-state index contributed by atoms with van der Waals surface area (Å²) in [5.41, 5.74) is 8.20. The predicted octanol–water partition coefficient (Wildman–Crippen LogP) is 1.68. The summed E-state index contributed by atoms with van der Waals surface area (Å²) < 4.78 is 12.1. The third kappa shape index (κ3) is 2.88. The molecule has 0 saturated carbocycles. The molecule has 0 saturated heterocycles. The number of aryl methyl sites for hydroxylation is 1. The van der Waals surface area contributed by atoms with E-state index in [0.29, 0.717) is 16.3 Å². The van der Waals surface area contributed by atoms with E-state index in [1.807, 2.05) is 13.0 Å². The summed E-state index contributed by atoms with van der Waals surface area (Å²) in [5, 5.41) is 0. The third-order valence-corrected chi connectivity index (χ3v) is 3.74. The van der Waals surface area contributed by atoms with E-state index in [4.69, 9.17) is 5.73 Å². The molecule has 0 aliphatic rings. The fourth-order valence-electron chi connectivity index (χ4n) is 1.53. The van der Waals surface area contributed by atoms with Crippen molar-refractivity contribution in [2.45, 2.75) is 17.6 Å². The quantitative estimate of drug-likeness (QED) is 0.895.